The van der Waals surface area contributed by atoms with Gasteiger partial charge in [0.1, 0.15) is 6.04 Å². The molecule has 2 aliphatic rings. The van der Waals surface area contributed by atoms with Gasteiger partial charge < -0.3 is 20.1 Å². The molecule has 2 N–H and O–H groups in total. The van der Waals surface area contributed by atoms with Crippen molar-refractivity contribution in [1.82, 2.24) is 0 Å². The van der Waals surface area contributed by atoms with Crippen molar-refractivity contribution in [2.45, 2.75) is 12.5 Å². The Balaban J connectivity index is 1.46. The number of carbonyl (C=O) groups excluding carboxylic acids is 2. The van der Waals surface area contributed by atoms with Crippen LogP contribution in [0.15, 0.2) is 48.5 Å². The average molecular weight is 395 g/mol. The highest BCUT2D eigenvalue weighted by atomic mass is 16.5. The van der Waals surface area contributed by atoms with Crippen LogP contribution in [-0.4, -0.2) is 55.2 Å². The highest BCUT2D eigenvalue weighted by Crippen LogP contribution is 2.27. The van der Waals surface area contributed by atoms with Crippen molar-refractivity contribution in [3.63, 3.8) is 0 Å². The number of morpholine rings is 1. The van der Waals surface area contributed by atoms with Crippen molar-refractivity contribution >= 4 is 34.8 Å². The summed E-state index contributed by atoms with van der Waals surface area (Å²) in [4.78, 5) is 39.7. The molecule has 2 heterocycles. The second-order valence-electron chi connectivity index (χ2n) is 6.97. The van der Waals surface area contributed by atoms with Crippen LogP contribution in [-0.2, 0) is 14.3 Å². The minimum absolute atomic E-state index is 0.0152. The second kappa shape index (κ2) is 7.92. The first-order valence-corrected chi connectivity index (χ1v) is 9.42. The van der Waals surface area contributed by atoms with Crippen molar-refractivity contribution in [2.24, 2.45) is 0 Å². The van der Waals surface area contributed by atoms with E-state index in [1.807, 2.05) is 24.3 Å². The number of nitrogens with zero attached hydrogens (tertiary/aromatic N) is 2. The fraction of sp³-hybridized carbons (Fsp3) is 0.286. The minimum atomic E-state index is -1.11. The number of nitrogens with one attached hydrogen (secondary N) is 1. The summed E-state index contributed by atoms with van der Waals surface area (Å²) >= 11 is 0. The number of imide groups is 1. The zero-order chi connectivity index (χ0) is 20.4. The predicted octanol–water partition coefficient (Wildman–Crippen LogP) is 1.97. The maximum atomic E-state index is 12.8. The summed E-state index contributed by atoms with van der Waals surface area (Å²) in [6, 6.07) is 12.9. The maximum Gasteiger partial charge on any atom is 0.335 e. The van der Waals surface area contributed by atoms with Gasteiger partial charge in [-0.2, -0.15) is 0 Å². The number of hydrogen-bond acceptors (Lipinski definition) is 6. The lowest BCUT2D eigenvalue weighted by Gasteiger charge is -2.29. The van der Waals surface area contributed by atoms with Crippen molar-refractivity contribution in [3.05, 3.63) is 54.1 Å². The minimum Gasteiger partial charge on any atom is -0.478 e. The monoisotopic (exact) mass is 395 g/mol. The molecule has 0 spiro atoms. The molecular formula is C21H21N3O5. The van der Waals surface area contributed by atoms with Crippen LogP contribution < -0.4 is 15.1 Å². The number of carboxylic acid groups (broad SMARTS) is 1. The summed E-state index contributed by atoms with van der Waals surface area (Å²) in [7, 11) is 0. The lowest BCUT2D eigenvalue weighted by atomic mass is 10.2. The summed E-state index contributed by atoms with van der Waals surface area (Å²) in [6.45, 7) is 3.09. The van der Waals surface area contributed by atoms with Gasteiger partial charge in [-0.05, 0) is 42.5 Å². The van der Waals surface area contributed by atoms with Crippen LogP contribution in [0.1, 0.15) is 16.8 Å². The molecule has 2 aliphatic heterocycles. The zero-order valence-corrected chi connectivity index (χ0v) is 15.7. The van der Waals surface area contributed by atoms with Crippen LogP contribution in [0.5, 0.6) is 0 Å². The lowest BCUT2D eigenvalue weighted by Crippen LogP contribution is -2.36. The van der Waals surface area contributed by atoms with Crippen molar-refractivity contribution in [2.75, 3.05) is 41.4 Å². The number of amides is 2. The van der Waals surface area contributed by atoms with Gasteiger partial charge in [-0.1, -0.05) is 6.07 Å². The van der Waals surface area contributed by atoms with Gasteiger partial charge in [0.05, 0.1) is 30.9 Å². The molecule has 29 heavy (non-hydrogen) atoms. The van der Waals surface area contributed by atoms with E-state index in [1.165, 1.54) is 18.2 Å². The van der Waals surface area contributed by atoms with Crippen LogP contribution >= 0.6 is 0 Å². The Kier molecular flexibility index (Phi) is 5.18. The molecule has 0 saturated carbocycles. The van der Waals surface area contributed by atoms with Crippen LogP contribution in [0.25, 0.3) is 0 Å². The SMILES string of the molecule is O=C(O)c1cccc(N2C(=O)CC(Nc3ccc(N4CCOCC4)cc3)C2=O)c1. The molecule has 8 nitrogen and oxygen atoms in total. The van der Waals surface area contributed by atoms with Gasteiger partial charge in [-0.3, -0.25) is 9.59 Å². The highest BCUT2D eigenvalue weighted by Gasteiger charge is 2.39. The van der Waals surface area contributed by atoms with E-state index < -0.39 is 17.9 Å². The van der Waals surface area contributed by atoms with Gasteiger partial charge in [0, 0.05) is 24.5 Å². The molecule has 1 atom stereocenters. The first-order valence-electron chi connectivity index (χ1n) is 9.42. The third-order valence-electron chi connectivity index (χ3n) is 5.08. The first kappa shape index (κ1) is 18.9. The molecule has 4 rings (SSSR count). The summed E-state index contributed by atoms with van der Waals surface area (Å²) in [5, 5.41) is 12.3. The Morgan fingerprint density at radius 2 is 1.76 bits per heavy atom. The van der Waals surface area contributed by atoms with E-state index in [2.05, 4.69) is 10.2 Å². The Morgan fingerprint density at radius 1 is 1.03 bits per heavy atom. The van der Waals surface area contributed by atoms with Crippen molar-refractivity contribution < 1.29 is 24.2 Å². The van der Waals surface area contributed by atoms with Crippen LogP contribution in [0.4, 0.5) is 17.1 Å². The first-order chi connectivity index (χ1) is 14.0. The number of benzene rings is 2. The summed E-state index contributed by atoms with van der Waals surface area (Å²) < 4.78 is 5.36. The molecule has 2 saturated heterocycles. The summed E-state index contributed by atoms with van der Waals surface area (Å²) in [6.07, 6.45) is 0.0152. The summed E-state index contributed by atoms with van der Waals surface area (Å²) in [5.74, 6) is -1.87. The Labute approximate surface area is 167 Å². The van der Waals surface area contributed by atoms with E-state index in [-0.39, 0.29) is 23.6 Å². The normalized spacial score (nSPS) is 19.5. The standard InChI is InChI=1S/C21H21N3O5/c25-19-13-18(20(26)24(19)17-3-1-2-14(12-17)21(27)28)22-15-4-6-16(7-5-15)23-8-10-29-11-9-23/h1-7,12,18,22H,8-11,13H2,(H,27,28). The molecule has 150 valence electrons. The maximum absolute atomic E-state index is 12.8. The molecule has 0 aromatic heterocycles. The summed E-state index contributed by atoms with van der Waals surface area (Å²) in [5.41, 5.74) is 2.12. The molecule has 8 heteroatoms. The third kappa shape index (κ3) is 3.93. The number of anilines is 3. The number of carbonyl (C=O) groups is 3. The number of hydrogen-bond donors (Lipinski definition) is 2. The molecule has 0 radical (unpaired) electrons. The van der Waals surface area contributed by atoms with Crippen molar-refractivity contribution in [1.29, 1.82) is 0 Å². The van der Waals surface area contributed by atoms with Crippen LogP contribution in [0, 0.1) is 0 Å². The Morgan fingerprint density at radius 3 is 2.45 bits per heavy atom. The van der Waals surface area contributed by atoms with E-state index in [4.69, 9.17) is 9.84 Å². The molecule has 0 aliphatic carbocycles. The van der Waals surface area contributed by atoms with Crippen LogP contribution in [0.3, 0.4) is 0 Å². The van der Waals surface area contributed by atoms with Gasteiger partial charge in [-0.15, -0.1) is 0 Å². The van der Waals surface area contributed by atoms with Gasteiger partial charge in [0.25, 0.3) is 5.91 Å². The lowest BCUT2D eigenvalue weighted by molar-refractivity contribution is -0.121. The zero-order valence-electron chi connectivity index (χ0n) is 15.7. The van der Waals surface area contributed by atoms with Gasteiger partial charge >= 0.3 is 5.97 Å². The molecule has 2 amide bonds. The molecule has 2 fully saturated rings. The molecular weight excluding hydrogens is 374 g/mol. The molecule has 2 aromatic carbocycles. The number of ether oxygens (including phenoxy) is 1. The third-order valence-corrected chi connectivity index (χ3v) is 5.08. The van der Waals surface area contributed by atoms with E-state index in [9.17, 15) is 14.4 Å². The molecule has 1 unspecified atom stereocenters. The topological polar surface area (TPSA) is 99.2 Å². The molecule has 2 aromatic rings. The number of carboxylic acids is 1. The van der Waals surface area contributed by atoms with E-state index in [0.717, 1.165) is 29.4 Å². The van der Waals surface area contributed by atoms with E-state index >= 15 is 0 Å². The van der Waals surface area contributed by atoms with Gasteiger partial charge in [0.15, 0.2) is 0 Å². The fourth-order valence-electron chi connectivity index (χ4n) is 3.59. The fourth-order valence-corrected chi connectivity index (χ4v) is 3.59. The predicted molar refractivity (Wildman–Crippen MR) is 107 cm³/mol. The average Bonchev–Trinajstić information content (AvgIpc) is 3.02. The van der Waals surface area contributed by atoms with E-state index in [1.54, 1.807) is 6.07 Å². The quantitative estimate of drug-likeness (QED) is 0.747. The smallest absolute Gasteiger partial charge is 0.335 e. The van der Waals surface area contributed by atoms with Crippen LogP contribution in [0.2, 0.25) is 0 Å². The Bertz CT molecular complexity index is 938. The highest BCUT2D eigenvalue weighted by molar-refractivity contribution is 6.23. The van der Waals surface area contributed by atoms with Gasteiger partial charge in [0.2, 0.25) is 5.91 Å². The number of aromatic carboxylic acids is 1. The van der Waals surface area contributed by atoms with E-state index in [0.29, 0.717) is 13.2 Å². The second-order valence-corrected chi connectivity index (χ2v) is 6.97. The molecule has 0 bridgehead atoms. The Hall–Kier alpha value is -3.39. The largest absolute Gasteiger partial charge is 0.478 e. The number of rotatable bonds is 5. The van der Waals surface area contributed by atoms with Crippen molar-refractivity contribution in [3.8, 4) is 0 Å². The van der Waals surface area contributed by atoms with Gasteiger partial charge in [-0.25, -0.2) is 9.69 Å².